The van der Waals surface area contributed by atoms with Gasteiger partial charge in [0.15, 0.2) is 0 Å². The fourth-order valence-corrected chi connectivity index (χ4v) is 4.12. The van der Waals surface area contributed by atoms with Crippen LogP contribution in [0.1, 0.15) is 10.5 Å². The lowest BCUT2D eigenvalue weighted by atomic mass is 10.1. The summed E-state index contributed by atoms with van der Waals surface area (Å²) in [4.78, 5) is 19.8. The number of hydrogen-bond acceptors (Lipinski definition) is 5. The van der Waals surface area contributed by atoms with Gasteiger partial charge in [-0.1, -0.05) is 0 Å². The van der Waals surface area contributed by atoms with Crippen LogP contribution in [0.15, 0.2) is 17.5 Å². The molecular weight excluding hydrogens is 302 g/mol. The molecule has 0 radical (unpaired) electrons. The summed E-state index contributed by atoms with van der Waals surface area (Å²) < 4.78 is 6.45. The molecule has 2 aliphatic heterocycles. The van der Waals surface area contributed by atoms with Gasteiger partial charge >= 0.3 is 0 Å². The van der Waals surface area contributed by atoms with E-state index >= 15 is 0 Å². The maximum absolute atomic E-state index is 12.6. The van der Waals surface area contributed by atoms with Crippen LogP contribution in [0, 0.1) is 0 Å². The van der Waals surface area contributed by atoms with Gasteiger partial charge in [0.05, 0.1) is 35.6 Å². The number of aliphatic hydroxyl groups excluding tert-OH is 1. The van der Waals surface area contributed by atoms with Gasteiger partial charge in [-0.2, -0.15) is 0 Å². The Morgan fingerprint density at radius 3 is 2.95 bits per heavy atom. The molecule has 0 bridgehead atoms. The molecule has 0 aliphatic carbocycles. The number of β-amino-alcohol motifs (C(OH)–C–C–N with tert-alkyl or cyclic N) is 1. The van der Waals surface area contributed by atoms with E-state index in [4.69, 9.17) is 4.74 Å². The number of amides is 1. The molecule has 2 N–H and O–H groups in total. The number of H-pyrrole nitrogens is 1. The molecule has 2 aliphatic rings. The number of rotatable bonds is 2. The summed E-state index contributed by atoms with van der Waals surface area (Å²) in [6.07, 6.45) is -0.488. The summed E-state index contributed by atoms with van der Waals surface area (Å²) in [5.41, 5.74) is 1.61. The summed E-state index contributed by atoms with van der Waals surface area (Å²) in [6, 6.07) is 3.90. The number of hydrogen-bond donors (Lipinski definition) is 2. The second-order valence-corrected chi connectivity index (χ2v) is 6.82. The maximum atomic E-state index is 12.6. The zero-order valence-corrected chi connectivity index (χ0v) is 13.0. The van der Waals surface area contributed by atoms with Crippen LogP contribution in [0.25, 0.3) is 10.2 Å². The molecule has 1 amide bonds. The number of aliphatic hydroxyl groups is 1. The van der Waals surface area contributed by atoms with E-state index in [1.165, 1.54) is 0 Å². The molecule has 4 heterocycles. The number of ether oxygens (including phenoxy) is 1. The molecule has 2 saturated heterocycles. The lowest BCUT2D eigenvalue weighted by Crippen LogP contribution is -2.49. The van der Waals surface area contributed by atoms with Crippen molar-refractivity contribution in [2.75, 3.05) is 39.4 Å². The smallest absolute Gasteiger partial charge is 0.270 e. The van der Waals surface area contributed by atoms with Crippen molar-refractivity contribution in [1.82, 2.24) is 14.8 Å². The summed E-state index contributed by atoms with van der Waals surface area (Å²) in [5, 5.41) is 12.3. The predicted molar refractivity (Wildman–Crippen MR) is 84.3 cm³/mol. The number of likely N-dealkylation sites (tertiary alicyclic amines) is 1. The Bertz CT molecular complexity index is 648. The summed E-state index contributed by atoms with van der Waals surface area (Å²) >= 11 is 1.62. The van der Waals surface area contributed by atoms with Crippen molar-refractivity contribution in [2.24, 2.45) is 0 Å². The Morgan fingerprint density at radius 2 is 2.18 bits per heavy atom. The Morgan fingerprint density at radius 1 is 1.36 bits per heavy atom. The van der Waals surface area contributed by atoms with Crippen LogP contribution in [0.2, 0.25) is 0 Å². The van der Waals surface area contributed by atoms with Gasteiger partial charge in [0.1, 0.15) is 5.69 Å². The van der Waals surface area contributed by atoms with Crippen LogP contribution < -0.4 is 0 Å². The molecule has 0 spiro atoms. The number of carbonyl (C=O) groups excluding carboxylic acids is 1. The van der Waals surface area contributed by atoms with Gasteiger partial charge in [-0.05, 0) is 17.5 Å². The third-order valence-corrected chi connectivity index (χ3v) is 5.40. The van der Waals surface area contributed by atoms with E-state index in [1.807, 2.05) is 17.5 Å². The molecule has 2 aromatic rings. The number of nitrogens with one attached hydrogen (secondary N) is 1. The molecule has 22 heavy (non-hydrogen) atoms. The number of aromatic nitrogens is 1. The standard InChI is InChI=1S/C15H19N3O3S/c19-13-9-18(8-12(13)17-2-4-21-5-3-17)15(20)11-7-14-10(16-11)1-6-22-14/h1,6-7,12-13,16,19H,2-5,8-9H2/t12-,13-/m1/s1. The van der Waals surface area contributed by atoms with Crippen LogP contribution in [-0.2, 0) is 4.74 Å². The van der Waals surface area contributed by atoms with E-state index in [9.17, 15) is 9.90 Å². The Labute approximate surface area is 132 Å². The highest BCUT2D eigenvalue weighted by Gasteiger charge is 2.38. The maximum Gasteiger partial charge on any atom is 0.270 e. The Balaban J connectivity index is 1.48. The van der Waals surface area contributed by atoms with Gasteiger partial charge in [0.2, 0.25) is 0 Å². The van der Waals surface area contributed by atoms with Crippen molar-refractivity contribution in [2.45, 2.75) is 12.1 Å². The molecular formula is C15H19N3O3S. The van der Waals surface area contributed by atoms with E-state index < -0.39 is 6.10 Å². The molecule has 2 fully saturated rings. The molecule has 0 saturated carbocycles. The van der Waals surface area contributed by atoms with Crippen molar-refractivity contribution in [3.8, 4) is 0 Å². The minimum Gasteiger partial charge on any atom is -0.390 e. The van der Waals surface area contributed by atoms with Crippen LogP contribution in [-0.4, -0.2) is 77.3 Å². The normalized spacial score (nSPS) is 26.9. The van der Waals surface area contributed by atoms with E-state index in [0.717, 1.165) is 23.3 Å². The van der Waals surface area contributed by atoms with Gasteiger partial charge < -0.3 is 19.7 Å². The quantitative estimate of drug-likeness (QED) is 0.856. The van der Waals surface area contributed by atoms with Gasteiger partial charge in [0.25, 0.3) is 5.91 Å². The first-order valence-electron chi connectivity index (χ1n) is 7.58. The number of carbonyl (C=O) groups is 1. The van der Waals surface area contributed by atoms with Gasteiger partial charge in [-0.3, -0.25) is 9.69 Å². The molecule has 0 unspecified atom stereocenters. The predicted octanol–water partition coefficient (Wildman–Crippen LogP) is 0.747. The minimum atomic E-state index is -0.488. The fourth-order valence-electron chi connectivity index (χ4n) is 3.34. The molecule has 6 nitrogen and oxygen atoms in total. The van der Waals surface area contributed by atoms with Crippen molar-refractivity contribution < 1.29 is 14.6 Å². The largest absolute Gasteiger partial charge is 0.390 e. The second kappa shape index (κ2) is 5.66. The van der Waals surface area contributed by atoms with Gasteiger partial charge in [-0.25, -0.2) is 0 Å². The van der Waals surface area contributed by atoms with Crippen molar-refractivity contribution >= 4 is 27.5 Å². The number of morpholine rings is 1. The fraction of sp³-hybridized carbons (Fsp3) is 0.533. The van der Waals surface area contributed by atoms with E-state index in [-0.39, 0.29) is 11.9 Å². The Hall–Kier alpha value is -1.41. The lowest BCUT2D eigenvalue weighted by molar-refractivity contribution is -0.00611. The number of nitrogens with zero attached hydrogens (tertiary/aromatic N) is 2. The first-order chi connectivity index (χ1) is 10.7. The van der Waals surface area contributed by atoms with Crippen molar-refractivity contribution in [3.63, 3.8) is 0 Å². The third-order valence-electron chi connectivity index (χ3n) is 4.53. The van der Waals surface area contributed by atoms with Crippen LogP contribution in [0.3, 0.4) is 0 Å². The first kappa shape index (κ1) is 14.2. The second-order valence-electron chi connectivity index (χ2n) is 5.87. The van der Waals surface area contributed by atoms with Gasteiger partial charge in [-0.15, -0.1) is 11.3 Å². The van der Waals surface area contributed by atoms with E-state index in [1.54, 1.807) is 16.2 Å². The lowest BCUT2D eigenvalue weighted by Gasteiger charge is -2.33. The summed E-state index contributed by atoms with van der Waals surface area (Å²) in [5.74, 6) is -0.0294. The molecule has 2 atom stereocenters. The summed E-state index contributed by atoms with van der Waals surface area (Å²) in [6.45, 7) is 4.01. The van der Waals surface area contributed by atoms with Crippen LogP contribution in [0.5, 0.6) is 0 Å². The monoisotopic (exact) mass is 321 g/mol. The zero-order valence-electron chi connectivity index (χ0n) is 12.2. The molecule has 7 heteroatoms. The topological polar surface area (TPSA) is 68.8 Å². The third kappa shape index (κ3) is 2.44. The van der Waals surface area contributed by atoms with Crippen LogP contribution in [0.4, 0.5) is 0 Å². The zero-order chi connectivity index (χ0) is 15.1. The Kier molecular flexibility index (Phi) is 3.65. The summed E-state index contributed by atoms with van der Waals surface area (Å²) in [7, 11) is 0. The first-order valence-corrected chi connectivity index (χ1v) is 8.46. The number of thiophene rings is 1. The SMILES string of the molecule is O=C(c1cc2sccc2[nH]1)N1C[C@@H](O)[C@H](N2CCOCC2)C1. The molecule has 2 aromatic heterocycles. The highest BCUT2D eigenvalue weighted by molar-refractivity contribution is 7.17. The van der Waals surface area contributed by atoms with Crippen molar-refractivity contribution in [3.05, 3.63) is 23.2 Å². The average Bonchev–Trinajstić information content (AvgIpc) is 3.21. The van der Waals surface area contributed by atoms with Gasteiger partial charge in [0, 0.05) is 26.2 Å². The number of fused-ring (bicyclic) bond motifs is 1. The number of aromatic amines is 1. The van der Waals surface area contributed by atoms with Crippen LogP contribution >= 0.6 is 11.3 Å². The van der Waals surface area contributed by atoms with E-state index in [2.05, 4.69) is 9.88 Å². The molecule has 0 aromatic carbocycles. The molecule has 4 rings (SSSR count). The highest BCUT2D eigenvalue weighted by atomic mass is 32.1. The van der Waals surface area contributed by atoms with Crippen molar-refractivity contribution in [1.29, 1.82) is 0 Å². The highest BCUT2D eigenvalue weighted by Crippen LogP contribution is 2.24. The average molecular weight is 321 g/mol. The minimum absolute atomic E-state index is 0.0175. The molecule has 118 valence electrons. The van der Waals surface area contributed by atoms with E-state index in [0.29, 0.717) is 32.0 Å².